The van der Waals surface area contributed by atoms with Crippen molar-refractivity contribution in [3.63, 3.8) is 0 Å². The Morgan fingerprint density at radius 1 is 1.33 bits per heavy atom. The van der Waals surface area contributed by atoms with Crippen LogP contribution < -0.4 is 0 Å². The monoisotopic (exact) mass is 202 g/mol. The SMILES string of the molecule is O=Cc1ccc([N+](=O)[O-])c2ncccc12. The van der Waals surface area contributed by atoms with Crippen LogP contribution in [0.4, 0.5) is 5.69 Å². The number of carbonyl (C=O) groups excluding carboxylic acids is 1. The largest absolute Gasteiger partial charge is 0.298 e. The first-order valence-electron chi connectivity index (χ1n) is 4.21. The fourth-order valence-electron chi connectivity index (χ4n) is 1.43. The smallest absolute Gasteiger partial charge is 0.295 e. The first-order chi connectivity index (χ1) is 7.24. The van der Waals surface area contributed by atoms with Crippen LogP contribution in [-0.4, -0.2) is 16.2 Å². The third kappa shape index (κ3) is 1.43. The van der Waals surface area contributed by atoms with Crippen LogP contribution in [0.1, 0.15) is 10.4 Å². The van der Waals surface area contributed by atoms with E-state index in [9.17, 15) is 14.9 Å². The van der Waals surface area contributed by atoms with Crippen molar-refractivity contribution >= 4 is 22.9 Å². The van der Waals surface area contributed by atoms with Gasteiger partial charge in [-0.1, -0.05) is 6.07 Å². The van der Waals surface area contributed by atoms with Crippen molar-refractivity contribution in [2.75, 3.05) is 0 Å². The zero-order valence-electron chi connectivity index (χ0n) is 7.58. The Hall–Kier alpha value is -2.30. The fourth-order valence-corrected chi connectivity index (χ4v) is 1.43. The van der Waals surface area contributed by atoms with Crippen LogP contribution in [0.25, 0.3) is 10.9 Å². The third-order valence-corrected chi connectivity index (χ3v) is 2.11. The Kier molecular flexibility index (Phi) is 2.13. The summed E-state index contributed by atoms with van der Waals surface area (Å²) in [5.74, 6) is 0. The van der Waals surface area contributed by atoms with E-state index in [2.05, 4.69) is 4.98 Å². The Balaban J connectivity index is 2.89. The van der Waals surface area contributed by atoms with Crippen molar-refractivity contribution in [1.29, 1.82) is 0 Å². The molecule has 2 rings (SSSR count). The van der Waals surface area contributed by atoms with E-state index in [-0.39, 0.29) is 11.2 Å². The molecular weight excluding hydrogens is 196 g/mol. The predicted octanol–water partition coefficient (Wildman–Crippen LogP) is 1.96. The van der Waals surface area contributed by atoms with Gasteiger partial charge in [0.25, 0.3) is 5.69 Å². The van der Waals surface area contributed by atoms with Gasteiger partial charge in [0.05, 0.1) is 4.92 Å². The lowest BCUT2D eigenvalue weighted by molar-refractivity contribution is -0.383. The van der Waals surface area contributed by atoms with Crippen LogP contribution in [0.5, 0.6) is 0 Å². The zero-order chi connectivity index (χ0) is 10.8. The molecule has 0 radical (unpaired) electrons. The molecule has 0 saturated heterocycles. The minimum absolute atomic E-state index is 0.0869. The van der Waals surface area contributed by atoms with Gasteiger partial charge in [-0.15, -0.1) is 0 Å². The lowest BCUT2D eigenvalue weighted by Crippen LogP contribution is -1.93. The molecule has 1 aromatic carbocycles. The van der Waals surface area contributed by atoms with Gasteiger partial charge < -0.3 is 0 Å². The second-order valence-electron chi connectivity index (χ2n) is 2.95. The summed E-state index contributed by atoms with van der Waals surface area (Å²) in [7, 11) is 0. The highest BCUT2D eigenvalue weighted by atomic mass is 16.6. The molecule has 0 atom stereocenters. The van der Waals surface area contributed by atoms with Crippen molar-refractivity contribution < 1.29 is 9.72 Å². The van der Waals surface area contributed by atoms with Crippen molar-refractivity contribution in [2.45, 2.75) is 0 Å². The topological polar surface area (TPSA) is 73.1 Å². The molecule has 1 heterocycles. The number of carbonyl (C=O) groups is 1. The number of nitro groups is 1. The highest BCUT2D eigenvalue weighted by Gasteiger charge is 2.14. The highest BCUT2D eigenvalue weighted by Crippen LogP contribution is 2.25. The average molecular weight is 202 g/mol. The molecule has 0 saturated carbocycles. The number of nitro benzene ring substituents is 1. The summed E-state index contributed by atoms with van der Waals surface area (Å²) >= 11 is 0. The molecule has 2 aromatic rings. The summed E-state index contributed by atoms with van der Waals surface area (Å²) in [6, 6.07) is 5.99. The first kappa shape index (κ1) is 9.26. The number of nitrogens with zero attached hydrogens (tertiary/aromatic N) is 2. The Morgan fingerprint density at radius 2 is 2.13 bits per heavy atom. The second kappa shape index (κ2) is 3.45. The second-order valence-corrected chi connectivity index (χ2v) is 2.95. The fraction of sp³-hybridized carbons (Fsp3) is 0. The maximum atomic E-state index is 10.7. The normalized spacial score (nSPS) is 10.1. The number of aromatic nitrogens is 1. The van der Waals surface area contributed by atoms with Gasteiger partial charge in [0.2, 0.25) is 0 Å². The molecule has 0 amide bonds. The van der Waals surface area contributed by atoms with Crippen LogP contribution in [0.15, 0.2) is 30.5 Å². The van der Waals surface area contributed by atoms with Gasteiger partial charge in [0, 0.05) is 23.2 Å². The van der Waals surface area contributed by atoms with E-state index in [1.54, 1.807) is 12.1 Å². The van der Waals surface area contributed by atoms with Crippen molar-refractivity contribution in [2.24, 2.45) is 0 Å². The van der Waals surface area contributed by atoms with E-state index in [1.165, 1.54) is 18.3 Å². The van der Waals surface area contributed by atoms with E-state index < -0.39 is 4.92 Å². The maximum Gasteiger partial charge on any atom is 0.295 e. The number of hydrogen-bond donors (Lipinski definition) is 0. The van der Waals surface area contributed by atoms with Gasteiger partial charge in [0.1, 0.15) is 5.52 Å². The van der Waals surface area contributed by atoms with E-state index in [0.717, 1.165) is 0 Å². The summed E-state index contributed by atoms with van der Waals surface area (Å²) in [5, 5.41) is 11.2. The number of hydrogen-bond acceptors (Lipinski definition) is 4. The van der Waals surface area contributed by atoms with Gasteiger partial charge in [0.15, 0.2) is 6.29 Å². The molecule has 0 fully saturated rings. The third-order valence-electron chi connectivity index (χ3n) is 2.11. The Labute approximate surface area is 84.5 Å². The number of rotatable bonds is 2. The molecule has 1 aromatic heterocycles. The molecular formula is C10H6N2O3. The molecule has 0 unspecified atom stereocenters. The van der Waals surface area contributed by atoms with E-state index >= 15 is 0 Å². The van der Waals surface area contributed by atoms with E-state index in [0.29, 0.717) is 17.2 Å². The summed E-state index contributed by atoms with van der Waals surface area (Å²) < 4.78 is 0. The average Bonchev–Trinajstić information content (AvgIpc) is 2.27. The zero-order valence-corrected chi connectivity index (χ0v) is 7.58. The Morgan fingerprint density at radius 3 is 2.80 bits per heavy atom. The van der Waals surface area contributed by atoms with Gasteiger partial charge in [-0.25, -0.2) is 4.98 Å². The maximum absolute atomic E-state index is 10.7. The number of aldehydes is 1. The van der Waals surface area contributed by atoms with Crippen LogP contribution >= 0.6 is 0 Å². The molecule has 0 aliphatic heterocycles. The molecule has 0 spiro atoms. The molecule has 0 N–H and O–H groups in total. The van der Waals surface area contributed by atoms with Crippen LogP contribution in [0, 0.1) is 10.1 Å². The first-order valence-corrected chi connectivity index (χ1v) is 4.21. The Bertz CT molecular complexity index is 551. The molecule has 0 bridgehead atoms. The van der Waals surface area contributed by atoms with Crippen molar-refractivity contribution in [1.82, 2.24) is 4.98 Å². The summed E-state index contributed by atoms with van der Waals surface area (Å²) in [4.78, 5) is 24.8. The van der Waals surface area contributed by atoms with Gasteiger partial charge >= 0.3 is 0 Å². The predicted molar refractivity (Wildman–Crippen MR) is 53.8 cm³/mol. The van der Waals surface area contributed by atoms with Gasteiger partial charge in [-0.2, -0.15) is 0 Å². The minimum atomic E-state index is -0.510. The molecule has 5 nitrogen and oxygen atoms in total. The standard InChI is InChI=1S/C10H6N2O3/c13-6-7-3-4-9(12(14)15)10-8(7)2-1-5-11-10/h1-6H. The quantitative estimate of drug-likeness (QED) is 0.424. The minimum Gasteiger partial charge on any atom is -0.298 e. The number of fused-ring (bicyclic) bond motifs is 1. The summed E-state index contributed by atoms with van der Waals surface area (Å²) in [5.41, 5.74) is 0.562. The van der Waals surface area contributed by atoms with Crippen LogP contribution in [0.3, 0.4) is 0 Å². The number of benzene rings is 1. The van der Waals surface area contributed by atoms with Crippen molar-refractivity contribution in [3.05, 3.63) is 46.1 Å². The molecule has 74 valence electrons. The van der Waals surface area contributed by atoms with E-state index in [1.807, 2.05) is 0 Å². The van der Waals surface area contributed by atoms with Gasteiger partial charge in [-0.3, -0.25) is 14.9 Å². The molecule has 0 aliphatic rings. The lowest BCUT2D eigenvalue weighted by atomic mass is 10.1. The molecule has 5 heteroatoms. The van der Waals surface area contributed by atoms with Crippen LogP contribution in [0.2, 0.25) is 0 Å². The van der Waals surface area contributed by atoms with E-state index in [4.69, 9.17) is 0 Å². The molecule has 15 heavy (non-hydrogen) atoms. The van der Waals surface area contributed by atoms with Crippen LogP contribution in [-0.2, 0) is 0 Å². The van der Waals surface area contributed by atoms with Gasteiger partial charge in [-0.05, 0) is 12.1 Å². The molecule has 0 aliphatic carbocycles. The summed E-state index contributed by atoms with van der Waals surface area (Å²) in [6.45, 7) is 0. The number of non-ortho nitro benzene ring substituents is 1. The number of pyridine rings is 1. The summed E-state index contributed by atoms with van der Waals surface area (Å²) in [6.07, 6.45) is 2.12. The van der Waals surface area contributed by atoms with Crippen molar-refractivity contribution in [3.8, 4) is 0 Å². The lowest BCUT2D eigenvalue weighted by Gasteiger charge is -2.00. The highest BCUT2D eigenvalue weighted by molar-refractivity contribution is 6.00.